The number of aliphatic hydroxyl groups is 1. The monoisotopic (exact) mass is 597 g/mol. The summed E-state index contributed by atoms with van der Waals surface area (Å²) in [7, 11) is 2.20. The number of carbonyl (C=O) groups is 1. The first-order chi connectivity index (χ1) is 18.5. The van der Waals surface area contributed by atoms with E-state index in [9.17, 15) is 31.1 Å². The smallest absolute Gasteiger partial charge is 0.420 e. The molecule has 0 aliphatic carbocycles. The summed E-state index contributed by atoms with van der Waals surface area (Å²) in [6.45, 7) is 7.22. The van der Waals surface area contributed by atoms with Crippen LogP contribution >= 0.6 is 11.8 Å². The van der Waals surface area contributed by atoms with Crippen LogP contribution in [-0.4, -0.2) is 49.9 Å². The minimum atomic E-state index is -4.70. The topological polar surface area (TPSA) is 59.0 Å². The van der Waals surface area contributed by atoms with Gasteiger partial charge in [-0.15, -0.1) is 0 Å². The molecule has 0 saturated heterocycles. The summed E-state index contributed by atoms with van der Waals surface area (Å²) in [5, 5.41) is 7.00. The van der Waals surface area contributed by atoms with Crippen molar-refractivity contribution in [1.29, 1.82) is 0 Å². The summed E-state index contributed by atoms with van der Waals surface area (Å²) in [6, 6.07) is 9.54. The Balaban J connectivity index is 0.000000885. The summed E-state index contributed by atoms with van der Waals surface area (Å²) in [5.74, 6) is -3.51. The predicted octanol–water partition coefficient (Wildman–Crippen LogP) is 8.18. The molecule has 5 nitrogen and oxygen atoms in total. The number of hydrogen-bond donors (Lipinski definition) is 1. The minimum Gasteiger partial charge on any atom is -0.492 e. The molecule has 12 heteroatoms. The van der Waals surface area contributed by atoms with Crippen molar-refractivity contribution in [2.24, 2.45) is 5.41 Å². The van der Waals surface area contributed by atoms with E-state index in [1.807, 2.05) is 19.1 Å². The highest BCUT2D eigenvalue weighted by Crippen LogP contribution is 2.48. The molecule has 1 N–H and O–H groups in total. The molecule has 0 bridgehead atoms. The van der Waals surface area contributed by atoms with E-state index in [0.29, 0.717) is 10.6 Å². The standard InChI is InChI=1S/C23H25F4NO3S.C4H8F2.CH4O/c1-14-5-7-15(8-6-14)28-10-9-20(24)32-19-12-18(16(11-17(19)28)23(25,26)27)31-13-22(2,3)21(29)30-4;1-3-4(2,5)6;1-2/h5-8,11-12,20H,9-10,13H2,1-4H3;3H2,1-2H3;2H,1H3/t20-;;/m0../s1. The number of alkyl halides is 6. The number of benzene rings is 2. The third-order valence-electron chi connectivity index (χ3n) is 5.78. The van der Waals surface area contributed by atoms with Crippen LogP contribution in [0, 0.1) is 12.3 Å². The summed E-state index contributed by atoms with van der Waals surface area (Å²) in [5.41, 5.74) is -1.46. The van der Waals surface area contributed by atoms with Crippen molar-refractivity contribution in [3.05, 3.63) is 47.5 Å². The number of halogens is 6. The molecule has 0 fully saturated rings. The summed E-state index contributed by atoms with van der Waals surface area (Å²) >= 11 is 0.865. The number of ether oxygens (including phenoxy) is 2. The van der Waals surface area contributed by atoms with E-state index in [1.165, 1.54) is 33.9 Å². The maximum atomic E-state index is 14.5. The fourth-order valence-electron chi connectivity index (χ4n) is 3.33. The van der Waals surface area contributed by atoms with Crippen molar-refractivity contribution in [3.8, 4) is 5.75 Å². The van der Waals surface area contributed by atoms with Crippen LogP contribution in [0.1, 0.15) is 51.7 Å². The van der Waals surface area contributed by atoms with Gasteiger partial charge in [0.2, 0.25) is 5.92 Å². The van der Waals surface area contributed by atoms with Crippen LogP contribution < -0.4 is 9.64 Å². The van der Waals surface area contributed by atoms with Crippen LogP contribution in [0.4, 0.5) is 37.7 Å². The zero-order chi connectivity index (χ0) is 30.9. The average Bonchev–Trinajstić information content (AvgIpc) is 3.05. The third-order valence-corrected chi connectivity index (χ3v) is 6.86. The van der Waals surface area contributed by atoms with Gasteiger partial charge in [-0.05, 0) is 52.0 Å². The average molecular weight is 598 g/mol. The first-order valence-electron chi connectivity index (χ1n) is 12.4. The number of rotatable bonds is 6. The molecule has 1 aliphatic heterocycles. The molecule has 1 aliphatic rings. The molecule has 2 aromatic rings. The molecule has 226 valence electrons. The molecule has 0 spiro atoms. The van der Waals surface area contributed by atoms with Crippen molar-refractivity contribution in [1.82, 2.24) is 0 Å². The Morgan fingerprint density at radius 1 is 1.07 bits per heavy atom. The van der Waals surface area contributed by atoms with Gasteiger partial charge in [0.1, 0.15) is 12.4 Å². The minimum absolute atomic E-state index is 0.0625. The maximum absolute atomic E-state index is 14.5. The molecule has 0 saturated carbocycles. The molecular formula is C28H37F6NO4S. The van der Waals surface area contributed by atoms with Gasteiger partial charge in [0.15, 0.2) is 5.50 Å². The number of aryl methyl sites for hydroxylation is 1. The molecule has 2 aromatic carbocycles. The Morgan fingerprint density at radius 2 is 1.62 bits per heavy atom. The first kappa shape index (κ1) is 35.4. The molecule has 0 aromatic heterocycles. The Bertz CT molecular complexity index is 1090. The van der Waals surface area contributed by atoms with Crippen LogP contribution in [0.2, 0.25) is 0 Å². The van der Waals surface area contributed by atoms with Gasteiger partial charge in [0, 0.05) is 37.1 Å². The summed E-state index contributed by atoms with van der Waals surface area (Å²) in [4.78, 5) is 13.9. The van der Waals surface area contributed by atoms with Crippen LogP contribution in [0.3, 0.4) is 0 Å². The second kappa shape index (κ2) is 14.9. The number of nitrogens with zero attached hydrogens (tertiary/aromatic N) is 1. The molecule has 3 rings (SSSR count). The van der Waals surface area contributed by atoms with Gasteiger partial charge in [-0.1, -0.05) is 36.4 Å². The summed E-state index contributed by atoms with van der Waals surface area (Å²) < 4.78 is 89.4. The van der Waals surface area contributed by atoms with Crippen molar-refractivity contribution in [2.75, 3.05) is 32.3 Å². The SMILES string of the molecule is CCC(C)(F)F.CO.COC(=O)C(C)(C)COc1cc2c(cc1C(F)(F)F)N(c1ccc(C)cc1)CC[C@@H](F)S2. The number of aliphatic hydroxyl groups excluding tert-OH is 1. The molecule has 0 unspecified atom stereocenters. The molecule has 0 radical (unpaired) electrons. The lowest BCUT2D eigenvalue weighted by Gasteiger charge is -2.27. The molecule has 0 amide bonds. The fourth-order valence-corrected chi connectivity index (χ4v) is 4.29. The van der Waals surface area contributed by atoms with Gasteiger partial charge >= 0.3 is 12.1 Å². The molecular weight excluding hydrogens is 560 g/mol. The van der Waals surface area contributed by atoms with Crippen LogP contribution in [-0.2, 0) is 15.7 Å². The number of carbonyl (C=O) groups excluding carboxylic acids is 1. The Labute approximate surface area is 235 Å². The zero-order valence-electron chi connectivity index (χ0n) is 23.7. The maximum Gasteiger partial charge on any atom is 0.420 e. The van der Waals surface area contributed by atoms with Gasteiger partial charge < -0.3 is 19.5 Å². The Kier molecular flexibility index (Phi) is 13.2. The number of hydrogen-bond acceptors (Lipinski definition) is 6. The summed E-state index contributed by atoms with van der Waals surface area (Å²) in [6.07, 6.45) is -4.61. The van der Waals surface area contributed by atoms with Gasteiger partial charge in [-0.2, -0.15) is 13.2 Å². The number of fused-ring (bicyclic) bond motifs is 1. The first-order valence-corrected chi connectivity index (χ1v) is 13.3. The zero-order valence-corrected chi connectivity index (χ0v) is 24.5. The normalized spacial score (nSPS) is 15.4. The second-order valence-corrected chi connectivity index (χ2v) is 10.9. The quantitative estimate of drug-likeness (QED) is 0.268. The lowest BCUT2D eigenvalue weighted by Crippen LogP contribution is -2.32. The van der Waals surface area contributed by atoms with E-state index in [-0.39, 0.29) is 31.7 Å². The number of anilines is 2. The van der Waals surface area contributed by atoms with Crippen LogP contribution in [0.25, 0.3) is 0 Å². The van der Waals surface area contributed by atoms with E-state index in [2.05, 4.69) is 0 Å². The predicted molar refractivity (Wildman–Crippen MR) is 145 cm³/mol. The highest BCUT2D eigenvalue weighted by molar-refractivity contribution is 8.00. The van der Waals surface area contributed by atoms with Crippen molar-refractivity contribution in [3.63, 3.8) is 0 Å². The van der Waals surface area contributed by atoms with E-state index < -0.39 is 40.3 Å². The van der Waals surface area contributed by atoms with E-state index in [1.54, 1.807) is 17.0 Å². The highest BCUT2D eigenvalue weighted by atomic mass is 32.2. The Morgan fingerprint density at radius 3 is 2.10 bits per heavy atom. The van der Waals surface area contributed by atoms with Crippen molar-refractivity contribution in [2.45, 2.75) is 70.0 Å². The van der Waals surface area contributed by atoms with Gasteiger partial charge in [-0.3, -0.25) is 4.79 Å². The van der Waals surface area contributed by atoms with Crippen LogP contribution in [0.5, 0.6) is 5.75 Å². The van der Waals surface area contributed by atoms with E-state index in [4.69, 9.17) is 14.6 Å². The largest absolute Gasteiger partial charge is 0.492 e. The lowest BCUT2D eigenvalue weighted by molar-refractivity contribution is -0.152. The highest BCUT2D eigenvalue weighted by Gasteiger charge is 2.38. The van der Waals surface area contributed by atoms with Gasteiger partial charge in [-0.25, -0.2) is 13.2 Å². The number of methoxy groups -OCH3 is 1. The van der Waals surface area contributed by atoms with E-state index in [0.717, 1.165) is 37.4 Å². The van der Waals surface area contributed by atoms with Gasteiger partial charge in [0.05, 0.1) is 23.8 Å². The molecule has 40 heavy (non-hydrogen) atoms. The second-order valence-electron chi connectivity index (χ2n) is 9.71. The van der Waals surface area contributed by atoms with Crippen molar-refractivity contribution < 1.29 is 45.7 Å². The fraction of sp³-hybridized carbons (Fsp3) is 0.536. The Hall–Kier alpha value is -2.60. The third kappa shape index (κ3) is 10.4. The number of thioether (sulfide) groups is 1. The van der Waals surface area contributed by atoms with Gasteiger partial charge in [0.25, 0.3) is 0 Å². The lowest BCUT2D eigenvalue weighted by atomic mass is 9.95. The van der Waals surface area contributed by atoms with Crippen molar-refractivity contribution >= 4 is 29.1 Å². The molecule has 1 heterocycles. The van der Waals surface area contributed by atoms with Crippen LogP contribution in [0.15, 0.2) is 41.3 Å². The number of esters is 1. The van der Waals surface area contributed by atoms with E-state index >= 15 is 0 Å². The molecule has 1 atom stereocenters.